The molecule has 4 aromatic carbocycles. The van der Waals surface area contributed by atoms with Gasteiger partial charge in [0.15, 0.2) is 5.71 Å². The van der Waals surface area contributed by atoms with Gasteiger partial charge in [0.1, 0.15) is 6.54 Å². The fourth-order valence-corrected chi connectivity index (χ4v) is 8.28. The first-order chi connectivity index (χ1) is 23.7. The lowest BCUT2D eigenvalue weighted by Crippen LogP contribution is -2.31. The maximum atomic E-state index is 7.30. The monoisotopic (exact) mass is 669 g/mol. The number of hydrogen-bond donors (Lipinski definition) is 1. The molecular formula is C46H54ClN2+. The Labute approximate surface area is 300 Å². The van der Waals surface area contributed by atoms with Crippen molar-refractivity contribution in [2.75, 3.05) is 13.1 Å². The van der Waals surface area contributed by atoms with Gasteiger partial charge in [-0.1, -0.05) is 131 Å². The number of nitrogens with zero attached hydrogens (tertiary/aromatic N) is 1. The highest BCUT2D eigenvalue weighted by Gasteiger charge is 2.45. The maximum Gasteiger partial charge on any atom is 0.210 e. The van der Waals surface area contributed by atoms with Crippen molar-refractivity contribution in [3.05, 3.63) is 136 Å². The predicted molar refractivity (Wildman–Crippen MR) is 214 cm³/mol. The van der Waals surface area contributed by atoms with Gasteiger partial charge in [0, 0.05) is 46.8 Å². The van der Waals surface area contributed by atoms with Crippen LogP contribution in [0, 0.1) is 0 Å². The van der Waals surface area contributed by atoms with E-state index in [0.717, 1.165) is 56.6 Å². The fourth-order valence-electron chi connectivity index (χ4n) is 7.97. The summed E-state index contributed by atoms with van der Waals surface area (Å²) in [5, 5.41) is 10.0. The summed E-state index contributed by atoms with van der Waals surface area (Å²) in [4.78, 5) is 0. The van der Waals surface area contributed by atoms with Gasteiger partial charge in [-0.25, -0.2) is 0 Å². The fraction of sp³-hybridized carbons (Fsp3) is 0.370. The summed E-state index contributed by atoms with van der Waals surface area (Å²) in [7, 11) is 0. The van der Waals surface area contributed by atoms with Crippen LogP contribution in [0.5, 0.6) is 0 Å². The van der Waals surface area contributed by atoms with Gasteiger partial charge in [-0.05, 0) is 89.9 Å². The minimum Gasteiger partial charge on any atom is -0.388 e. The Morgan fingerprint density at radius 2 is 1.53 bits per heavy atom. The highest BCUT2D eigenvalue weighted by Crippen LogP contribution is 2.45. The Kier molecular flexibility index (Phi) is 10.7. The lowest BCUT2D eigenvalue weighted by atomic mass is 9.78. The van der Waals surface area contributed by atoms with E-state index in [0.29, 0.717) is 0 Å². The van der Waals surface area contributed by atoms with Gasteiger partial charge >= 0.3 is 0 Å². The number of halogens is 1. The average molecular weight is 670 g/mol. The second-order valence-electron chi connectivity index (χ2n) is 14.9. The first-order valence-corrected chi connectivity index (χ1v) is 18.9. The molecule has 0 radical (unpaired) electrons. The minimum absolute atomic E-state index is 0.115. The number of fused-ring (bicyclic) bond motifs is 4. The van der Waals surface area contributed by atoms with Crippen LogP contribution < -0.4 is 5.32 Å². The lowest BCUT2D eigenvalue weighted by Gasteiger charge is -2.31. The van der Waals surface area contributed by atoms with E-state index in [-0.39, 0.29) is 10.8 Å². The molecule has 2 aliphatic rings. The molecule has 1 heterocycles. The Morgan fingerprint density at radius 3 is 2.29 bits per heavy atom. The minimum atomic E-state index is -0.203. The predicted octanol–water partition coefficient (Wildman–Crippen LogP) is 12.6. The van der Waals surface area contributed by atoms with Crippen LogP contribution in [-0.2, 0) is 10.8 Å². The largest absolute Gasteiger partial charge is 0.388 e. The van der Waals surface area contributed by atoms with Crippen molar-refractivity contribution in [1.29, 1.82) is 0 Å². The van der Waals surface area contributed by atoms with Crippen molar-refractivity contribution in [1.82, 2.24) is 5.32 Å². The zero-order valence-corrected chi connectivity index (χ0v) is 31.3. The molecule has 0 fully saturated rings. The van der Waals surface area contributed by atoms with E-state index < -0.39 is 0 Å². The van der Waals surface area contributed by atoms with E-state index in [1.54, 1.807) is 0 Å². The van der Waals surface area contributed by atoms with E-state index in [1.165, 1.54) is 67.3 Å². The molecule has 2 nitrogen and oxygen atoms in total. The summed E-state index contributed by atoms with van der Waals surface area (Å²) < 4.78 is 2.57. The van der Waals surface area contributed by atoms with Gasteiger partial charge in [0.2, 0.25) is 5.69 Å². The normalized spacial score (nSPS) is 17.6. The summed E-state index contributed by atoms with van der Waals surface area (Å²) >= 11 is 7.30. The third-order valence-corrected chi connectivity index (χ3v) is 11.3. The van der Waals surface area contributed by atoms with Crippen molar-refractivity contribution in [3.63, 3.8) is 0 Å². The molecule has 4 aromatic rings. The van der Waals surface area contributed by atoms with Gasteiger partial charge in [0.25, 0.3) is 0 Å². The SMILES string of the molecule is CCCCN/C(=C/C=C1\CCCC(/C=C/C2=[N+](CCCC)c3ccc4ccccc4c3C2(C)C)=C1Cl)C(C)(C)c1cccc2ccccc12. The highest BCUT2D eigenvalue weighted by molar-refractivity contribution is 6.32. The zero-order valence-electron chi connectivity index (χ0n) is 30.5. The van der Waals surface area contributed by atoms with E-state index >= 15 is 0 Å². The second kappa shape index (κ2) is 14.9. The van der Waals surface area contributed by atoms with Crippen LogP contribution >= 0.6 is 11.6 Å². The number of rotatable bonds is 12. The van der Waals surface area contributed by atoms with Crippen molar-refractivity contribution in [2.24, 2.45) is 0 Å². The van der Waals surface area contributed by atoms with E-state index in [2.05, 4.69) is 155 Å². The second-order valence-corrected chi connectivity index (χ2v) is 15.3. The van der Waals surface area contributed by atoms with Gasteiger partial charge in [-0.3, -0.25) is 0 Å². The number of allylic oxidation sites excluding steroid dienone is 8. The first-order valence-electron chi connectivity index (χ1n) is 18.6. The van der Waals surface area contributed by atoms with E-state index in [9.17, 15) is 0 Å². The quantitative estimate of drug-likeness (QED) is 0.117. The molecule has 3 heteroatoms. The molecule has 0 saturated heterocycles. The summed E-state index contributed by atoms with van der Waals surface area (Å²) in [5.74, 6) is 0. The lowest BCUT2D eigenvalue weighted by molar-refractivity contribution is -0.438. The molecule has 0 bridgehead atoms. The van der Waals surface area contributed by atoms with Crippen molar-refractivity contribution >= 4 is 44.5 Å². The Bertz CT molecular complexity index is 1990. The van der Waals surface area contributed by atoms with E-state index in [4.69, 9.17) is 11.6 Å². The van der Waals surface area contributed by atoms with Crippen LogP contribution in [0.1, 0.15) is 97.6 Å². The molecule has 49 heavy (non-hydrogen) atoms. The Morgan fingerprint density at radius 1 is 0.837 bits per heavy atom. The maximum absolute atomic E-state index is 7.30. The van der Waals surface area contributed by atoms with Gasteiger partial charge in [-0.15, -0.1) is 0 Å². The molecule has 0 amide bonds. The van der Waals surface area contributed by atoms with Crippen LogP contribution in [0.2, 0.25) is 0 Å². The first kappa shape index (κ1) is 35.0. The molecular weight excluding hydrogens is 616 g/mol. The van der Waals surface area contributed by atoms with Crippen LogP contribution in [0.3, 0.4) is 0 Å². The molecule has 254 valence electrons. The third kappa shape index (κ3) is 6.95. The Balaban J connectivity index is 1.36. The molecule has 1 aliphatic heterocycles. The van der Waals surface area contributed by atoms with Gasteiger partial charge < -0.3 is 5.32 Å². The number of nitrogens with one attached hydrogen (secondary N) is 1. The van der Waals surface area contributed by atoms with Crippen LogP contribution in [0.15, 0.2) is 125 Å². The average Bonchev–Trinajstić information content (AvgIpc) is 3.33. The van der Waals surface area contributed by atoms with Crippen molar-refractivity contribution in [2.45, 2.75) is 97.3 Å². The zero-order chi connectivity index (χ0) is 34.6. The third-order valence-electron chi connectivity index (χ3n) is 10.8. The summed E-state index contributed by atoms with van der Waals surface area (Å²) in [6, 6.07) is 28.9. The molecule has 0 unspecified atom stereocenters. The summed E-state index contributed by atoms with van der Waals surface area (Å²) in [6.07, 6.45) is 17.0. The standard InChI is InChI=1S/C46H53ClN2/c1-7-9-31-48-41(45(3,4)39-24-16-19-33-17-11-13-22-37(33)39)29-26-35-20-15-21-36(44(35)47)27-30-42-46(5,6)43-38-23-14-12-18-34(38)25-28-40(43)49(42)32-10-8-2/h11-14,16-19,22-30H,7-10,15,20-21,31-32H2,1-6H3/p+1. The van der Waals surface area contributed by atoms with Crippen molar-refractivity contribution < 1.29 is 4.58 Å². The number of unbranched alkanes of at least 4 members (excludes halogenated alkanes) is 2. The molecule has 0 spiro atoms. The van der Waals surface area contributed by atoms with E-state index in [1.807, 2.05) is 0 Å². The van der Waals surface area contributed by atoms with Crippen LogP contribution in [0.4, 0.5) is 5.69 Å². The highest BCUT2D eigenvalue weighted by atomic mass is 35.5. The van der Waals surface area contributed by atoms with Crippen LogP contribution in [0.25, 0.3) is 21.5 Å². The molecule has 1 N–H and O–H groups in total. The molecule has 0 atom stereocenters. The van der Waals surface area contributed by atoms with Gasteiger partial charge in [0.05, 0.1) is 5.41 Å². The number of benzene rings is 4. The molecule has 1 aliphatic carbocycles. The topological polar surface area (TPSA) is 15.0 Å². The molecule has 0 saturated carbocycles. The van der Waals surface area contributed by atoms with Gasteiger partial charge in [-0.2, -0.15) is 4.58 Å². The van der Waals surface area contributed by atoms with Crippen molar-refractivity contribution in [3.8, 4) is 0 Å². The summed E-state index contributed by atoms with van der Waals surface area (Å²) in [6.45, 7) is 16.0. The molecule has 6 rings (SSSR count). The van der Waals surface area contributed by atoms with Crippen LogP contribution in [-0.4, -0.2) is 23.4 Å². The number of hydrogen-bond acceptors (Lipinski definition) is 1. The smallest absolute Gasteiger partial charge is 0.210 e. The molecule has 0 aromatic heterocycles. The summed E-state index contributed by atoms with van der Waals surface area (Å²) in [5.41, 5.74) is 8.86. The Hall–Kier alpha value is -3.88.